The van der Waals surface area contributed by atoms with Gasteiger partial charge in [-0.2, -0.15) is 0 Å². The Labute approximate surface area is 112 Å². The van der Waals surface area contributed by atoms with Gasteiger partial charge in [0.25, 0.3) is 5.91 Å². The molecule has 19 heavy (non-hydrogen) atoms. The molecule has 1 aromatic rings. The summed E-state index contributed by atoms with van der Waals surface area (Å²) in [4.78, 5) is 11.9. The Hall–Kier alpha value is -1.75. The maximum atomic E-state index is 11.9. The van der Waals surface area contributed by atoms with Crippen LogP contribution in [0.1, 0.15) is 24.8 Å². The molecule has 1 fully saturated rings. The van der Waals surface area contributed by atoms with Crippen molar-refractivity contribution in [1.29, 1.82) is 0 Å². The van der Waals surface area contributed by atoms with E-state index in [2.05, 4.69) is 5.32 Å². The number of amides is 1. The van der Waals surface area contributed by atoms with Crippen LogP contribution in [0.2, 0.25) is 0 Å². The summed E-state index contributed by atoms with van der Waals surface area (Å²) in [6.45, 7) is 0.540. The van der Waals surface area contributed by atoms with Gasteiger partial charge in [0, 0.05) is 12.1 Å². The molecule has 1 aromatic carbocycles. The minimum absolute atomic E-state index is 0.104. The highest BCUT2D eigenvalue weighted by atomic mass is 16.5. The van der Waals surface area contributed by atoms with Crippen LogP contribution in [0.4, 0.5) is 0 Å². The first-order valence-corrected chi connectivity index (χ1v) is 6.47. The van der Waals surface area contributed by atoms with Crippen LogP contribution in [0.15, 0.2) is 18.2 Å². The molecule has 1 unspecified atom stereocenters. The van der Waals surface area contributed by atoms with Crippen molar-refractivity contribution < 1.29 is 19.4 Å². The lowest BCUT2D eigenvalue weighted by Gasteiger charge is -2.19. The molecule has 5 nitrogen and oxygen atoms in total. The molecule has 1 atom stereocenters. The van der Waals surface area contributed by atoms with Gasteiger partial charge in [-0.15, -0.1) is 0 Å². The fourth-order valence-electron chi connectivity index (χ4n) is 2.15. The molecule has 5 heteroatoms. The van der Waals surface area contributed by atoms with Gasteiger partial charge in [0.2, 0.25) is 0 Å². The lowest BCUT2D eigenvalue weighted by molar-refractivity contribution is -0.127. The van der Waals surface area contributed by atoms with Gasteiger partial charge < -0.3 is 19.9 Å². The molecule has 0 radical (unpaired) electrons. The Morgan fingerprint density at radius 2 is 2.26 bits per heavy atom. The van der Waals surface area contributed by atoms with Crippen LogP contribution in [-0.4, -0.2) is 30.8 Å². The number of aliphatic hydroxyl groups is 1. The summed E-state index contributed by atoms with van der Waals surface area (Å²) in [7, 11) is 1.54. The van der Waals surface area contributed by atoms with Crippen LogP contribution in [0, 0.1) is 0 Å². The molecule has 2 rings (SSSR count). The predicted octanol–water partition coefficient (Wildman–Crippen LogP) is 1.23. The first kappa shape index (κ1) is 13.7. The van der Waals surface area contributed by atoms with E-state index in [1.807, 2.05) is 0 Å². The summed E-state index contributed by atoms with van der Waals surface area (Å²) in [5, 5.41) is 12.2. The molecule has 0 spiro atoms. The van der Waals surface area contributed by atoms with Crippen LogP contribution in [0.5, 0.6) is 11.5 Å². The van der Waals surface area contributed by atoms with Gasteiger partial charge in [-0.3, -0.25) is 4.79 Å². The highest BCUT2D eigenvalue weighted by molar-refractivity contribution is 5.81. The zero-order valence-corrected chi connectivity index (χ0v) is 11.0. The van der Waals surface area contributed by atoms with Gasteiger partial charge in [-0.1, -0.05) is 12.1 Å². The van der Waals surface area contributed by atoms with E-state index in [1.165, 1.54) is 7.11 Å². The number of ether oxygens (including phenoxy) is 2. The van der Waals surface area contributed by atoms with Crippen LogP contribution >= 0.6 is 0 Å². The Morgan fingerprint density at radius 3 is 3.00 bits per heavy atom. The lowest BCUT2D eigenvalue weighted by atomic mass is 10.1. The number of carbonyl (C=O) groups is 1. The number of nitrogens with one attached hydrogen (secondary N) is 1. The normalized spacial score (nSPS) is 19.5. The van der Waals surface area contributed by atoms with Gasteiger partial charge in [-0.05, 0) is 25.3 Å². The second kappa shape index (κ2) is 6.43. The maximum Gasteiger partial charge on any atom is 0.261 e. The zero-order chi connectivity index (χ0) is 13.7. The van der Waals surface area contributed by atoms with Crippen molar-refractivity contribution in [2.24, 2.45) is 0 Å². The van der Waals surface area contributed by atoms with Crippen molar-refractivity contribution in [2.45, 2.75) is 32.0 Å². The van der Waals surface area contributed by atoms with Gasteiger partial charge >= 0.3 is 0 Å². The molecule has 2 N–H and O–H groups in total. The second-order valence-electron chi connectivity index (χ2n) is 4.50. The fourth-order valence-corrected chi connectivity index (χ4v) is 2.15. The number of rotatable bonds is 4. The van der Waals surface area contributed by atoms with Crippen molar-refractivity contribution in [3.8, 4) is 11.5 Å². The molecule has 0 aliphatic carbocycles. The largest absolute Gasteiger partial charge is 0.493 e. The Morgan fingerprint density at radius 1 is 1.42 bits per heavy atom. The molecule has 1 heterocycles. The summed E-state index contributed by atoms with van der Waals surface area (Å²) >= 11 is 0. The van der Waals surface area contributed by atoms with E-state index in [0.29, 0.717) is 30.0 Å². The van der Waals surface area contributed by atoms with Crippen molar-refractivity contribution in [3.05, 3.63) is 23.8 Å². The fraction of sp³-hybridized carbons (Fsp3) is 0.500. The van der Waals surface area contributed by atoms with E-state index in [9.17, 15) is 9.90 Å². The lowest BCUT2D eigenvalue weighted by Crippen LogP contribution is -2.36. The van der Waals surface area contributed by atoms with E-state index >= 15 is 0 Å². The minimum Gasteiger partial charge on any atom is -0.493 e. The Balaban J connectivity index is 2.23. The third kappa shape index (κ3) is 3.17. The van der Waals surface area contributed by atoms with Crippen molar-refractivity contribution in [3.63, 3.8) is 0 Å². The standard InChI is InChI=1S/C14H19NO4/c1-18-11-7-4-5-10(9-16)13(11)19-12-6-2-3-8-15-14(12)17/h4-5,7,12,16H,2-3,6,8-9H2,1H3,(H,15,17). The summed E-state index contributed by atoms with van der Waals surface area (Å²) in [5.41, 5.74) is 0.622. The average Bonchev–Trinajstić information content (AvgIpc) is 2.64. The Bertz CT molecular complexity index is 425. The average molecular weight is 265 g/mol. The van der Waals surface area contributed by atoms with Crippen molar-refractivity contribution in [1.82, 2.24) is 5.32 Å². The molecule has 1 amide bonds. The van der Waals surface area contributed by atoms with Gasteiger partial charge in [0.05, 0.1) is 13.7 Å². The summed E-state index contributed by atoms with van der Waals surface area (Å²) in [6.07, 6.45) is 2.05. The van der Waals surface area contributed by atoms with Crippen molar-refractivity contribution in [2.75, 3.05) is 13.7 Å². The molecular formula is C14H19NO4. The molecule has 1 saturated heterocycles. The Kier molecular flexibility index (Phi) is 4.63. The van der Waals surface area contributed by atoms with Gasteiger partial charge in [-0.25, -0.2) is 0 Å². The molecule has 0 aromatic heterocycles. The first-order valence-electron chi connectivity index (χ1n) is 6.47. The number of para-hydroxylation sites is 1. The quantitative estimate of drug-likeness (QED) is 0.859. The highest BCUT2D eigenvalue weighted by Crippen LogP contribution is 2.32. The van der Waals surface area contributed by atoms with E-state index in [1.54, 1.807) is 18.2 Å². The number of hydrogen-bond acceptors (Lipinski definition) is 4. The topological polar surface area (TPSA) is 67.8 Å². The van der Waals surface area contributed by atoms with Crippen molar-refractivity contribution >= 4 is 5.91 Å². The summed E-state index contributed by atoms with van der Waals surface area (Å²) in [5.74, 6) is 0.880. The van der Waals surface area contributed by atoms with Crippen LogP contribution in [-0.2, 0) is 11.4 Å². The zero-order valence-electron chi connectivity index (χ0n) is 11.0. The molecule has 104 valence electrons. The first-order chi connectivity index (χ1) is 9.26. The third-order valence-electron chi connectivity index (χ3n) is 3.20. The van der Waals surface area contributed by atoms with E-state index in [0.717, 1.165) is 12.8 Å². The number of aliphatic hydroxyl groups excluding tert-OH is 1. The summed E-state index contributed by atoms with van der Waals surface area (Å²) in [6, 6.07) is 5.29. The smallest absolute Gasteiger partial charge is 0.261 e. The maximum absolute atomic E-state index is 11.9. The summed E-state index contributed by atoms with van der Waals surface area (Å²) < 4.78 is 11.0. The predicted molar refractivity (Wildman–Crippen MR) is 70.2 cm³/mol. The van der Waals surface area contributed by atoms with Gasteiger partial charge in [0.15, 0.2) is 17.6 Å². The minimum atomic E-state index is -0.524. The SMILES string of the molecule is COc1cccc(CO)c1OC1CCCCNC1=O. The highest BCUT2D eigenvalue weighted by Gasteiger charge is 2.24. The van der Waals surface area contributed by atoms with E-state index in [-0.39, 0.29) is 12.5 Å². The monoisotopic (exact) mass is 265 g/mol. The third-order valence-corrected chi connectivity index (χ3v) is 3.20. The van der Waals surface area contributed by atoms with Crippen LogP contribution < -0.4 is 14.8 Å². The number of benzene rings is 1. The molecule has 0 bridgehead atoms. The van der Waals surface area contributed by atoms with E-state index in [4.69, 9.17) is 9.47 Å². The molecule has 1 aliphatic heterocycles. The number of methoxy groups -OCH3 is 1. The van der Waals surface area contributed by atoms with Crippen LogP contribution in [0.3, 0.4) is 0 Å². The van der Waals surface area contributed by atoms with Gasteiger partial charge in [0.1, 0.15) is 0 Å². The molecular weight excluding hydrogens is 246 g/mol. The molecule has 1 aliphatic rings. The van der Waals surface area contributed by atoms with E-state index < -0.39 is 6.10 Å². The van der Waals surface area contributed by atoms with Crippen LogP contribution in [0.25, 0.3) is 0 Å². The second-order valence-corrected chi connectivity index (χ2v) is 4.50. The molecule has 0 saturated carbocycles. The number of hydrogen-bond donors (Lipinski definition) is 2. The number of carbonyl (C=O) groups excluding carboxylic acids is 1.